The Hall–Kier alpha value is -0.650. The van der Waals surface area contributed by atoms with E-state index in [1.54, 1.807) is 6.92 Å². The van der Waals surface area contributed by atoms with Crippen LogP contribution in [0.1, 0.15) is 34.1 Å². The number of nitrogens with one attached hydrogen (secondary N) is 1. The van der Waals surface area contributed by atoms with Gasteiger partial charge in [0.1, 0.15) is 5.60 Å². The Morgan fingerprint density at radius 1 is 1.50 bits per heavy atom. The summed E-state index contributed by atoms with van der Waals surface area (Å²) in [7, 11) is 0. The summed E-state index contributed by atoms with van der Waals surface area (Å²) in [6.45, 7) is 8.86. The summed E-state index contributed by atoms with van der Waals surface area (Å²) in [5.74, 6) is 0. The summed E-state index contributed by atoms with van der Waals surface area (Å²) in [5.41, 5.74) is -0.935. The van der Waals surface area contributed by atoms with Crippen LogP contribution in [0.4, 0.5) is 0 Å². The van der Waals surface area contributed by atoms with Gasteiger partial charge in [0.25, 0.3) is 6.47 Å². The largest absolute Gasteiger partial charge is 0.462 e. The van der Waals surface area contributed by atoms with Crippen LogP contribution < -0.4 is 5.32 Å². The highest BCUT2D eigenvalue weighted by atomic mass is 16.5. The topological polar surface area (TPSA) is 78.8 Å². The molecule has 96 valence electrons. The molecule has 0 saturated carbocycles. The van der Waals surface area contributed by atoms with Gasteiger partial charge in [-0.2, -0.15) is 0 Å². The van der Waals surface area contributed by atoms with Gasteiger partial charge in [-0.05, 0) is 27.7 Å². The van der Waals surface area contributed by atoms with Crippen LogP contribution in [0.2, 0.25) is 0 Å². The predicted molar refractivity (Wildman–Crippen MR) is 61.0 cm³/mol. The lowest BCUT2D eigenvalue weighted by atomic mass is 9.91. The number of rotatable bonds is 3. The summed E-state index contributed by atoms with van der Waals surface area (Å²) < 4.78 is 4.55. The monoisotopic (exact) mass is 233 g/mol. The van der Waals surface area contributed by atoms with E-state index in [1.807, 2.05) is 20.8 Å². The van der Waals surface area contributed by atoms with Crippen LogP contribution in [-0.2, 0) is 9.53 Å². The zero-order valence-electron chi connectivity index (χ0n) is 10.5. The molecule has 1 atom stereocenters. The molecule has 5 nitrogen and oxygen atoms in total. The summed E-state index contributed by atoms with van der Waals surface area (Å²) in [4.78, 5) is 9.60. The van der Waals surface area contributed by atoms with Crippen molar-refractivity contribution in [1.82, 2.24) is 5.32 Å². The Balaban J connectivity index is 0.000000293. The SMILES string of the molecule is CC(C)(C)OC=O.CC(O)CC1(O)CNC1. The van der Waals surface area contributed by atoms with Crippen LogP contribution >= 0.6 is 0 Å². The van der Waals surface area contributed by atoms with Gasteiger partial charge >= 0.3 is 0 Å². The molecule has 1 aliphatic heterocycles. The number of carbonyl (C=O) groups excluding carboxylic acids is 1. The molecule has 1 heterocycles. The number of aliphatic hydroxyl groups excluding tert-OH is 1. The maximum Gasteiger partial charge on any atom is 0.293 e. The molecule has 0 aromatic heterocycles. The van der Waals surface area contributed by atoms with E-state index in [0.717, 1.165) is 0 Å². The smallest absolute Gasteiger partial charge is 0.293 e. The molecule has 1 saturated heterocycles. The minimum atomic E-state index is -0.617. The third-order valence-corrected chi connectivity index (χ3v) is 1.99. The fraction of sp³-hybridized carbons (Fsp3) is 0.909. The summed E-state index contributed by atoms with van der Waals surface area (Å²) in [6.07, 6.45) is 0.0945. The summed E-state index contributed by atoms with van der Waals surface area (Å²) >= 11 is 0. The summed E-state index contributed by atoms with van der Waals surface area (Å²) in [5, 5.41) is 21.2. The van der Waals surface area contributed by atoms with Crippen LogP contribution in [0.25, 0.3) is 0 Å². The minimum Gasteiger partial charge on any atom is -0.462 e. The van der Waals surface area contributed by atoms with E-state index in [2.05, 4.69) is 10.1 Å². The quantitative estimate of drug-likeness (QED) is 0.600. The number of aliphatic hydroxyl groups is 2. The molecule has 1 fully saturated rings. The Kier molecular flexibility index (Phi) is 5.92. The van der Waals surface area contributed by atoms with Crippen molar-refractivity contribution in [3.05, 3.63) is 0 Å². The fourth-order valence-corrected chi connectivity index (χ4v) is 1.25. The number of ether oxygens (including phenoxy) is 1. The molecule has 0 bridgehead atoms. The van der Waals surface area contributed by atoms with Crippen LogP contribution in [-0.4, -0.2) is 47.1 Å². The van der Waals surface area contributed by atoms with Crippen molar-refractivity contribution in [2.24, 2.45) is 0 Å². The number of β-amino-alcohol motifs (C(OH)–C–C–N with tert-alkyl or cyclic N) is 1. The third kappa shape index (κ3) is 7.62. The van der Waals surface area contributed by atoms with Crippen molar-refractivity contribution in [2.45, 2.75) is 51.4 Å². The second-order valence-corrected chi connectivity index (χ2v) is 5.21. The van der Waals surface area contributed by atoms with Crippen molar-refractivity contribution in [1.29, 1.82) is 0 Å². The standard InChI is InChI=1S/C6H13NO2.C5H10O2/c1-5(8)2-6(9)3-7-4-6;1-5(2,3)7-4-6/h5,7-9H,2-4H2,1H3;4H,1-3H3. The lowest BCUT2D eigenvalue weighted by Gasteiger charge is -2.38. The second kappa shape index (κ2) is 6.18. The minimum absolute atomic E-state index is 0.318. The highest BCUT2D eigenvalue weighted by molar-refractivity contribution is 5.37. The second-order valence-electron chi connectivity index (χ2n) is 5.21. The molecule has 0 spiro atoms. The van der Waals surface area contributed by atoms with E-state index in [9.17, 15) is 9.90 Å². The third-order valence-electron chi connectivity index (χ3n) is 1.99. The van der Waals surface area contributed by atoms with Gasteiger partial charge in [-0.25, -0.2) is 0 Å². The normalized spacial score (nSPS) is 19.9. The number of hydrogen-bond donors (Lipinski definition) is 3. The lowest BCUT2D eigenvalue weighted by Crippen LogP contribution is -2.60. The molecule has 1 aliphatic rings. The van der Waals surface area contributed by atoms with Crippen molar-refractivity contribution < 1.29 is 19.7 Å². The van der Waals surface area contributed by atoms with E-state index < -0.39 is 11.7 Å². The van der Waals surface area contributed by atoms with Gasteiger partial charge in [0.05, 0.1) is 11.7 Å². The first-order chi connectivity index (χ1) is 7.18. The maximum absolute atomic E-state index is 9.60. The lowest BCUT2D eigenvalue weighted by molar-refractivity contribution is -0.138. The average molecular weight is 233 g/mol. The maximum atomic E-state index is 9.60. The summed E-state index contributed by atoms with van der Waals surface area (Å²) in [6, 6.07) is 0. The van der Waals surface area contributed by atoms with Gasteiger partial charge in [0.15, 0.2) is 0 Å². The van der Waals surface area contributed by atoms with Crippen LogP contribution in [0.3, 0.4) is 0 Å². The van der Waals surface area contributed by atoms with Gasteiger partial charge < -0.3 is 20.3 Å². The molecule has 5 heteroatoms. The molecule has 1 unspecified atom stereocenters. The number of hydrogen-bond acceptors (Lipinski definition) is 5. The Morgan fingerprint density at radius 3 is 2.06 bits per heavy atom. The van der Waals surface area contributed by atoms with E-state index in [4.69, 9.17) is 5.11 Å². The predicted octanol–water partition coefficient (Wildman–Crippen LogP) is 0.0495. The van der Waals surface area contributed by atoms with Gasteiger partial charge in [-0.3, -0.25) is 4.79 Å². The fourth-order valence-electron chi connectivity index (χ4n) is 1.25. The Bertz CT molecular complexity index is 207. The first kappa shape index (κ1) is 15.3. The molecule has 0 radical (unpaired) electrons. The highest BCUT2D eigenvalue weighted by Gasteiger charge is 2.34. The highest BCUT2D eigenvalue weighted by Crippen LogP contribution is 2.16. The molecule has 16 heavy (non-hydrogen) atoms. The molecule has 1 rings (SSSR count). The molecule has 0 amide bonds. The average Bonchev–Trinajstić information content (AvgIpc) is 1.99. The first-order valence-corrected chi connectivity index (χ1v) is 5.41. The van der Waals surface area contributed by atoms with E-state index in [0.29, 0.717) is 26.0 Å². The van der Waals surface area contributed by atoms with Crippen LogP contribution in [0, 0.1) is 0 Å². The Labute approximate surface area is 96.8 Å². The van der Waals surface area contributed by atoms with E-state index in [1.165, 1.54) is 0 Å². The number of carbonyl (C=O) groups is 1. The van der Waals surface area contributed by atoms with Crippen LogP contribution in [0.5, 0.6) is 0 Å². The Morgan fingerprint density at radius 2 is 2.00 bits per heavy atom. The molecular weight excluding hydrogens is 210 g/mol. The van der Waals surface area contributed by atoms with Crippen molar-refractivity contribution in [3.63, 3.8) is 0 Å². The van der Waals surface area contributed by atoms with Gasteiger partial charge in [-0.15, -0.1) is 0 Å². The van der Waals surface area contributed by atoms with E-state index >= 15 is 0 Å². The van der Waals surface area contributed by atoms with Crippen LogP contribution in [0.15, 0.2) is 0 Å². The molecule has 0 aromatic rings. The first-order valence-electron chi connectivity index (χ1n) is 5.41. The molecule has 0 aliphatic carbocycles. The van der Waals surface area contributed by atoms with Gasteiger partial charge in [0.2, 0.25) is 0 Å². The van der Waals surface area contributed by atoms with Crippen molar-refractivity contribution in [2.75, 3.05) is 13.1 Å². The van der Waals surface area contributed by atoms with E-state index in [-0.39, 0.29) is 5.60 Å². The van der Waals surface area contributed by atoms with Crippen molar-refractivity contribution in [3.8, 4) is 0 Å². The zero-order chi connectivity index (χ0) is 12.8. The van der Waals surface area contributed by atoms with Gasteiger partial charge in [-0.1, -0.05) is 0 Å². The van der Waals surface area contributed by atoms with Crippen molar-refractivity contribution >= 4 is 6.47 Å². The molecule has 3 N–H and O–H groups in total. The molecular formula is C11H23NO4. The zero-order valence-corrected chi connectivity index (χ0v) is 10.5. The molecule has 0 aromatic carbocycles. The van der Waals surface area contributed by atoms with Gasteiger partial charge in [0, 0.05) is 19.5 Å².